The summed E-state index contributed by atoms with van der Waals surface area (Å²) in [6.45, 7) is 5.90. The third-order valence-electron chi connectivity index (χ3n) is 4.79. The van der Waals surface area contributed by atoms with Crippen molar-refractivity contribution in [3.63, 3.8) is 0 Å². The van der Waals surface area contributed by atoms with Crippen molar-refractivity contribution in [2.75, 3.05) is 5.32 Å². The number of hydrogen-bond acceptors (Lipinski definition) is 5. The second kappa shape index (κ2) is 8.38. The van der Waals surface area contributed by atoms with E-state index in [0.29, 0.717) is 5.13 Å². The fourth-order valence-corrected chi connectivity index (χ4v) is 4.82. The van der Waals surface area contributed by atoms with Crippen molar-refractivity contribution in [1.82, 2.24) is 9.55 Å². The van der Waals surface area contributed by atoms with E-state index in [-0.39, 0.29) is 17.3 Å². The Morgan fingerprint density at radius 2 is 1.57 bits per heavy atom. The molecule has 4 rings (SSSR count). The maximum Gasteiger partial charge on any atom is 0.307 e. The first-order chi connectivity index (χ1) is 14.4. The first kappa shape index (κ1) is 20.3. The number of amides is 1. The molecule has 0 aliphatic carbocycles. The van der Waals surface area contributed by atoms with E-state index < -0.39 is 0 Å². The number of anilines is 1. The van der Waals surface area contributed by atoms with Gasteiger partial charge in [0.05, 0.1) is 10.6 Å². The molecule has 0 saturated carbocycles. The van der Waals surface area contributed by atoms with Crippen molar-refractivity contribution in [3.8, 4) is 21.7 Å². The average Bonchev–Trinajstić information content (AvgIpc) is 3.27. The Labute approximate surface area is 182 Å². The van der Waals surface area contributed by atoms with E-state index in [9.17, 15) is 9.59 Å². The quantitative estimate of drug-likeness (QED) is 0.465. The topological polar surface area (TPSA) is 64.0 Å². The average molecular weight is 436 g/mol. The van der Waals surface area contributed by atoms with Crippen LogP contribution in [-0.4, -0.2) is 15.5 Å². The third-order valence-corrected chi connectivity index (χ3v) is 6.69. The molecule has 0 radical (unpaired) electrons. The molecule has 30 heavy (non-hydrogen) atoms. The standard InChI is InChI=1S/C23H21N3O2S2/c1-14-4-8-17(9-5-14)20-21(18-10-6-15(2)7-11-18)30-22(25-20)24-19(27)12-26-16(3)13-29-23(26)28/h4-11,13H,12H2,1-3H3,(H,24,25,27). The molecule has 2 aromatic heterocycles. The Bertz CT molecular complexity index is 1190. The zero-order chi connectivity index (χ0) is 21.3. The van der Waals surface area contributed by atoms with Gasteiger partial charge in [0, 0.05) is 16.6 Å². The van der Waals surface area contributed by atoms with Crippen LogP contribution < -0.4 is 10.2 Å². The molecular formula is C23H21N3O2S2. The molecule has 2 heterocycles. The predicted molar refractivity (Wildman–Crippen MR) is 124 cm³/mol. The van der Waals surface area contributed by atoms with Crippen molar-refractivity contribution in [2.24, 2.45) is 0 Å². The molecule has 4 aromatic rings. The number of rotatable bonds is 5. The minimum absolute atomic E-state index is 0.0204. The Kier molecular flexibility index (Phi) is 5.65. The minimum atomic E-state index is -0.265. The number of carbonyl (C=O) groups is 1. The molecule has 1 amide bonds. The summed E-state index contributed by atoms with van der Waals surface area (Å²) < 4.78 is 1.47. The summed E-state index contributed by atoms with van der Waals surface area (Å²) in [4.78, 5) is 30.1. The number of hydrogen-bond donors (Lipinski definition) is 1. The number of carbonyl (C=O) groups excluding carboxylic acids is 1. The summed E-state index contributed by atoms with van der Waals surface area (Å²) in [6.07, 6.45) is 0. The molecule has 0 aliphatic rings. The first-order valence-corrected chi connectivity index (χ1v) is 11.2. The molecule has 2 aromatic carbocycles. The van der Waals surface area contributed by atoms with Crippen molar-refractivity contribution >= 4 is 33.7 Å². The van der Waals surface area contributed by atoms with Gasteiger partial charge in [0.2, 0.25) is 5.91 Å². The van der Waals surface area contributed by atoms with Gasteiger partial charge in [-0.2, -0.15) is 0 Å². The van der Waals surface area contributed by atoms with Gasteiger partial charge >= 0.3 is 4.87 Å². The molecule has 152 valence electrons. The minimum Gasteiger partial charge on any atom is -0.300 e. The van der Waals surface area contributed by atoms with Gasteiger partial charge in [0.25, 0.3) is 0 Å². The highest BCUT2D eigenvalue weighted by molar-refractivity contribution is 7.19. The molecule has 0 atom stereocenters. The molecular weight excluding hydrogens is 414 g/mol. The van der Waals surface area contributed by atoms with Gasteiger partial charge in [-0.15, -0.1) is 0 Å². The van der Waals surface area contributed by atoms with Crippen LogP contribution >= 0.6 is 22.7 Å². The van der Waals surface area contributed by atoms with E-state index >= 15 is 0 Å². The van der Waals surface area contributed by atoms with Crippen LogP contribution in [0.25, 0.3) is 21.7 Å². The highest BCUT2D eigenvalue weighted by Gasteiger charge is 2.17. The van der Waals surface area contributed by atoms with Crippen LogP contribution in [0.15, 0.2) is 58.7 Å². The van der Waals surface area contributed by atoms with Crippen molar-refractivity contribution in [3.05, 3.63) is 80.4 Å². The van der Waals surface area contributed by atoms with Crippen LogP contribution in [0.1, 0.15) is 16.8 Å². The van der Waals surface area contributed by atoms with E-state index in [4.69, 9.17) is 4.98 Å². The van der Waals surface area contributed by atoms with Crippen molar-refractivity contribution in [1.29, 1.82) is 0 Å². The van der Waals surface area contributed by atoms with Crippen LogP contribution in [0.2, 0.25) is 0 Å². The van der Waals surface area contributed by atoms with Crippen LogP contribution in [0.3, 0.4) is 0 Å². The lowest BCUT2D eigenvalue weighted by Crippen LogP contribution is -2.25. The number of nitrogens with one attached hydrogen (secondary N) is 1. The number of thiazole rings is 2. The van der Waals surface area contributed by atoms with Crippen molar-refractivity contribution < 1.29 is 4.79 Å². The number of aryl methyl sites for hydroxylation is 3. The van der Waals surface area contributed by atoms with Crippen LogP contribution in [0, 0.1) is 20.8 Å². The van der Waals surface area contributed by atoms with Gasteiger partial charge in [0.1, 0.15) is 6.54 Å². The summed E-state index contributed by atoms with van der Waals surface area (Å²) in [5.41, 5.74) is 6.03. The molecule has 0 unspecified atom stereocenters. The molecule has 0 bridgehead atoms. The lowest BCUT2D eigenvalue weighted by atomic mass is 10.0. The monoisotopic (exact) mass is 435 g/mol. The lowest BCUT2D eigenvalue weighted by molar-refractivity contribution is -0.116. The molecule has 0 saturated heterocycles. The maximum absolute atomic E-state index is 12.6. The second-order valence-electron chi connectivity index (χ2n) is 7.21. The fraction of sp³-hybridized carbons (Fsp3) is 0.174. The third kappa shape index (κ3) is 4.27. The lowest BCUT2D eigenvalue weighted by Gasteiger charge is -2.04. The maximum atomic E-state index is 12.6. The summed E-state index contributed by atoms with van der Waals surface area (Å²) in [7, 11) is 0. The molecule has 0 fully saturated rings. The smallest absolute Gasteiger partial charge is 0.300 e. The highest BCUT2D eigenvalue weighted by atomic mass is 32.1. The van der Waals surface area contributed by atoms with Gasteiger partial charge < -0.3 is 5.32 Å². The molecule has 0 aliphatic heterocycles. The van der Waals surface area contributed by atoms with Crippen molar-refractivity contribution in [2.45, 2.75) is 27.3 Å². The molecule has 7 heteroatoms. The number of nitrogens with zero attached hydrogens (tertiary/aromatic N) is 2. The zero-order valence-corrected chi connectivity index (χ0v) is 18.6. The summed E-state index contributed by atoms with van der Waals surface area (Å²) in [5, 5.41) is 5.15. The summed E-state index contributed by atoms with van der Waals surface area (Å²) in [6, 6.07) is 16.5. The summed E-state index contributed by atoms with van der Waals surface area (Å²) in [5.74, 6) is -0.265. The van der Waals surface area contributed by atoms with E-state index in [2.05, 4.69) is 48.6 Å². The van der Waals surface area contributed by atoms with Gasteiger partial charge in [0.15, 0.2) is 5.13 Å². The second-order valence-corrected chi connectivity index (χ2v) is 9.03. The Morgan fingerprint density at radius 3 is 2.13 bits per heavy atom. The van der Waals surface area contributed by atoms with E-state index in [0.717, 1.165) is 38.7 Å². The van der Waals surface area contributed by atoms with Gasteiger partial charge in [-0.3, -0.25) is 14.2 Å². The van der Waals surface area contributed by atoms with E-state index in [1.54, 1.807) is 5.38 Å². The van der Waals surface area contributed by atoms with E-state index in [1.165, 1.54) is 27.0 Å². The van der Waals surface area contributed by atoms with Crippen LogP contribution in [-0.2, 0) is 11.3 Å². The number of benzene rings is 2. The number of aromatic nitrogens is 2. The van der Waals surface area contributed by atoms with Gasteiger partial charge in [-0.25, -0.2) is 4.98 Å². The Hall–Kier alpha value is -3.03. The van der Waals surface area contributed by atoms with Crippen LogP contribution in [0.5, 0.6) is 0 Å². The molecule has 0 spiro atoms. The Morgan fingerprint density at radius 1 is 0.967 bits per heavy atom. The first-order valence-electron chi connectivity index (χ1n) is 9.50. The predicted octanol–water partition coefficient (Wildman–Crippen LogP) is 5.26. The highest BCUT2D eigenvalue weighted by Crippen LogP contribution is 2.39. The largest absolute Gasteiger partial charge is 0.307 e. The molecule has 1 N–H and O–H groups in total. The van der Waals surface area contributed by atoms with Gasteiger partial charge in [-0.05, 0) is 26.3 Å². The SMILES string of the molecule is Cc1ccc(-c2nc(NC(=O)Cn3c(C)csc3=O)sc2-c2ccc(C)cc2)cc1. The fourth-order valence-electron chi connectivity index (χ4n) is 3.08. The van der Waals surface area contributed by atoms with E-state index in [1.807, 2.05) is 26.0 Å². The van der Waals surface area contributed by atoms with Crippen LogP contribution in [0.4, 0.5) is 5.13 Å². The van der Waals surface area contributed by atoms with Gasteiger partial charge in [-0.1, -0.05) is 82.3 Å². The Balaban J connectivity index is 1.68. The molecule has 5 nitrogen and oxygen atoms in total. The summed E-state index contributed by atoms with van der Waals surface area (Å²) >= 11 is 2.54. The normalized spacial score (nSPS) is 10.9. The zero-order valence-electron chi connectivity index (χ0n) is 16.9.